The van der Waals surface area contributed by atoms with Gasteiger partial charge in [-0.15, -0.1) is 0 Å². The maximum Gasteiger partial charge on any atom is 0.272 e. The van der Waals surface area contributed by atoms with Crippen LogP contribution < -0.4 is 5.73 Å². The number of aryl methyl sites for hydroxylation is 1. The van der Waals surface area contributed by atoms with Crippen molar-refractivity contribution < 1.29 is 4.79 Å². The lowest BCUT2D eigenvalue weighted by Gasteiger charge is -2.31. The SMILES string of the molecule is Cn1cncc1C(=O)N1CCC(CN)CC1. The first-order valence-electron chi connectivity index (χ1n) is 5.68. The van der Waals surface area contributed by atoms with Crippen LogP contribution in [0.2, 0.25) is 0 Å². The number of nitrogens with zero attached hydrogens (tertiary/aromatic N) is 3. The molecule has 0 atom stereocenters. The molecular weight excluding hydrogens is 204 g/mol. The number of rotatable bonds is 2. The molecule has 5 heteroatoms. The Morgan fingerprint density at radius 2 is 2.25 bits per heavy atom. The minimum atomic E-state index is 0.0791. The molecule has 0 radical (unpaired) electrons. The number of aromatic nitrogens is 2. The Labute approximate surface area is 95.2 Å². The first-order valence-corrected chi connectivity index (χ1v) is 5.68. The number of carbonyl (C=O) groups excluding carboxylic acids is 1. The summed E-state index contributed by atoms with van der Waals surface area (Å²) >= 11 is 0. The zero-order valence-corrected chi connectivity index (χ0v) is 9.59. The molecule has 88 valence electrons. The van der Waals surface area contributed by atoms with Crippen molar-refractivity contribution in [1.82, 2.24) is 14.5 Å². The fourth-order valence-corrected chi connectivity index (χ4v) is 2.10. The fraction of sp³-hybridized carbons (Fsp3) is 0.636. The Hall–Kier alpha value is -1.36. The van der Waals surface area contributed by atoms with Crippen molar-refractivity contribution >= 4 is 5.91 Å². The van der Waals surface area contributed by atoms with E-state index >= 15 is 0 Å². The summed E-state index contributed by atoms with van der Waals surface area (Å²) < 4.78 is 1.76. The van der Waals surface area contributed by atoms with Gasteiger partial charge in [-0.05, 0) is 25.3 Å². The summed E-state index contributed by atoms with van der Waals surface area (Å²) in [6, 6.07) is 0. The van der Waals surface area contributed by atoms with E-state index in [1.54, 1.807) is 17.1 Å². The predicted octanol–water partition coefficient (Wildman–Crippen LogP) is 0.231. The second-order valence-corrected chi connectivity index (χ2v) is 4.36. The normalized spacial score (nSPS) is 17.8. The Morgan fingerprint density at radius 3 is 2.75 bits per heavy atom. The highest BCUT2D eigenvalue weighted by molar-refractivity contribution is 5.92. The highest BCUT2D eigenvalue weighted by Gasteiger charge is 2.24. The van der Waals surface area contributed by atoms with E-state index in [2.05, 4.69) is 4.98 Å². The van der Waals surface area contributed by atoms with Gasteiger partial charge >= 0.3 is 0 Å². The van der Waals surface area contributed by atoms with Crippen LogP contribution in [0.15, 0.2) is 12.5 Å². The van der Waals surface area contributed by atoms with E-state index < -0.39 is 0 Å². The van der Waals surface area contributed by atoms with E-state index in [0.717, 1.165) is 32.5 Å². The van der Waals surface area contributed by atoms with Crippen LogP contribution in [0.1, 0.15) is 23.3 Å². The molecule has 2 heterocycles. The van der Waals surface area contributed by atoms with Crippen molar-refractivity contribution in [1.29, 1.82) is 0 Å². The van der Waals surface area contributed by atoms with E-state index in [1.165, 1.54) is 0 Å². The van der Waals surface area contributed by atoms with E-state index in [4.69, 9.17) is 5.73 Å². The molecule has 1 amide bonds. The Balaban J connectivity index is 2.00. The van der Waals surface area contributed by atoms with Gasteiger partial charge in [0.05, 0.1) is 12.5 Å². The Bertz CT molecular complexity index is 366. The molecule has 0 aromatic carbocycles. The van der Waals surface area contributed by atoms with Gasteiger partial charge in [-0.2, -0.15) is 0 Å². The lowest BCUT2D eigenvalue weighted by Crippen LogP contribution is -2.40. The molecule has 0 aliphatic carbocycles. The van der Waals surface area contributed by atoms with E-state index in [-0.39, 0.29) is 5.91 Å². The van der Waals surface area contributed by atoms with Crippen LogP contribution in [0.3, 0.4) is 0 Å². The van der Waals surface area contributed by atoms with Gasteiger partial charge in [-0.1, -0.05) is 0 Å². The number of piperidine rings is 1. The third-order valence-electron chi connectivity index (χ3n) is 3.27. The van der Waals surface area contributed by atoms with Crippen LogP contribution in [0.25, 0.3) is 0 Å². The number of imidazole rings is 1. The summed E-state index contributed by atoms with van der Waals surface area (Å²) in [5, 5.41) is 0. The van der Waals surface area contributed by atoms with Gasteiger partial charge in [0, 0.05) is 20.1 Å². The van der Waals surface area contributed by atoms with Crippen LogP contribution in [0.5, 0.6) is 0 Å². The Morgan fingerprint density at radius 1 is 1.56 bits per heavy atom. The fourth-order valence-electron chi connectivity index (χ4n) is 2.10. The smallest absolute Gasteiger partial charge is 0.272 e. The molecule has 0 spiro atoms. The maximum absolute atomic E-state index is 12.1. The zero-order valence-electron chi connectivity index (χ0n) is 9.59. The molecule has 2 N–H and O–H groups in total. The highest BCUT2D eigenvalue weighted by atomic mass is 16.2. The largest absolute Gasteiger partial charge is 0.337 e. The summed E-state index contributed by atoms with van der Waals surface area (Å²) in [4.78, 5) is 18.0. The van der Waals surface area contributed by atoms with Crippen LogP contribution in [-0.4, -0.2) is 40.0 Å². The summed E-state index contributed by atoms with van der Waals surface area (Å²) in [6.07, 6.45) is 5.30. The molecule has 1 aromatic rings. The number of carbonyl (C=O) groups is 1. The average Bonchev–Trinajstić information content (AvgIpc) is 2.75. The third-order valence-corrected chi connectivity index (χ3v) is 3.27. The van der Waals surface area contributed by atoms with E-state index in [0.29, 0.717) is 11.6 Å². The monoisotopic (exact) mass is 222 g/mol. The van der Waals surface area contributed by atoms with Gasteiger partial charge in [-0.25, -0.2) is 4.98 Å². The molecule has 16 heavy (non-hydrogen) atoms. The molecule has 0 unspecified atom stereocenters. The minimum Gasteiger partial charge on any atom is -0.337 e. The standard InChI is InChI=1S/C11H18N4O/c1-14-8-13-7-10(14)11(16)15-4-2-9(6-12)3-5-15/h7-9H,2-6,12H2,1H3. The number of likely N-dealkylation sites (tertiary alicyclic amines) is 1. The molecule has 5 nitrogen and oxygen atoms in total. The summed E-state index contributed by atoms with van der Waals surface area (Å²) in [7, 11) is 1.84. The van der Waals surface area contributed by atoms with E-state index in [9.17, 15) is 4.79 Å². The molecule has 1 aliphatic heterocycles. The topological polar surface area (TPSA) is 64.2 Å². The molecule has 1 saturated heterocycles. The van der Waals surface area contributed by atoms with Gasteiger partial charge in [0.25, 0.3) is 5.91 Å². The molecule has 0 bridgehead atoms. The third kappa shape index (κ3) is 2.09. The van der Waals surface area contributed by atoms with Crippen LogP contribution in [0, 0.1) is 5.92 Å². The van der Waals surface area contributed by atoms with Gasteiger partial charge in [0.1, 0.15) is 5.69 Å². The van der Waals surface area contributed by atoms with Crippen LogP contribution in [0.4, 0.5) is 0 Å². The number of amides is 1. The summed E-state index contributed by atoms with van der Waals surface area (Å²) in [5.41, 5.74) is 6.28. The zero-order chi connectivity index (χ0) is 11.5. The second-order valence-electron chi connectivity index (χ2n) is 4.36. The molecule has 2 rings (SSSR count). The van der Waals surface area contributed by atoms with Gasteiger partial charge in [0.15, 0.2) is 0 Å². The molecule has 1 fully saturated rings. The van der Waals surface area contributed by atoms with Crippen molar-refractivity contribution in [2.45, 2.75) is 12.8 Å². The minimum absolute atomic E-state index is 0.0791. The van der Waals surface area contributed by atoms with E-state index in [1.807, 2.05) is 11.9 Å². The predicted molar refractivity (Wildman–Crippen MR) is 60.9 cm³/mol. The molecule has 0 saturated carbocycles. The van der Waals surface area contributed by atoms with Crippen molar-refractivity contribution in [2.75, 3.05) is 19.6 Å². The average molecular weight is 222 g/mol. The van der Waals surface area contributed by atoms with Gasteiger partial charge < -0.3 is 15.2 Å². The quantitative estimate of drug-likeness (QED) is 0.779. The number of hydrogen-bond donors (Lipinski definition) is 1. The van der Waals surface area contributed by atoms with Crippen LogP contribution >= 0.6 is 0 Å². The highest BCUT2D eigenvalue weighted by Crippen LogP contribution is 2.17. The maximum atomic E-state index is 12.1. The van der Waals surface area contributed by atoms with Gasteiger partial charge in [-0.3, -0.25) is 4.79 Å². The van der Waals surface area contributed by atoms with Crippen molar-refractivity contribution in [3.8, 4) is 0 Å². The number of hydrogen-bond acceptors (Lipinski definition) is 3. The lowest BCUT2D eigenvalue weighted by atomic mass is 9.97. The first-order chi connectivity index (χ1) is 7.72. The first kappa shape index (κ1) is 11.1. The summed E-state index contributed by atoms with van der Waals surface area (Å²) in [5.74, 6) is 0.658. The molecule has 1 aromatic heterocycles. The Kier molecular flexibility index (Phi) is 3.24. The molecular formula is C11H18N4O. The van der Waals surface area contributed by atoms with Gasteiger partial charge in [0.2, 0.25) is 0 Å². The number of nitrogens with two attached hydrogens (primary N) is 1. The lowest BCUT2D eigenvalue weighted by molar-refractivity contribution is 0.0683. The molecule has 1 aliphatic rings. The van der Waals surface area contributed by atoms with Crippen molar-refractivity contribution in [3.63, 3.8) is 0 Å². The van der Waals surface area contributed by atoms with Crippen molar-refractivity contribution in [3.05, 3.63) is 18.2 Å². The second kappa shape index (κ2) is 4.65. The van der Waals surface area contributed by atoms with Crippen LogP contribution in [-0.2, 0) is 7.05 Å². The summed E-state index contributed by atoms with van der Waals surface area (Å²) in [6.45, 7) is 2.35. The van der Waals surface area contributed by atoms with Crippen molar-refractivity contribution in [2.24, 2.45) is 18.7 Å².